The molecular weight excluding hydrogens is 380 g/mol. The Bertz CT molecular complexity index is 1110. The van der Waals surface area contributed by atoms with Gasteiger partial charge in [-0.1, -0.05) is 0 Å². The average Bonchev–Trinajstić information content (AvgIpc) is 3.19. The number of nitro groups is 1. The molecule has 0 N–H and O–H groups in total. The minimum atomic E-state index is -0.762. The second kappa shape index (κ2) is 6.03. The molecule has 10 nitrogen and oxygen atoms in total. The molecule has 0 aromatic heterocycles. The number of hydrogen-bond donors (Lipinski definition) is 0. The Balaban J connectivity index is 1.70. The maximum absolute atomic E-state index is 12.6. The van der Waals surface area contributed by atoms with Crippen molar-refractivity contribution in [2.24, 2.45) is 5.10 Å². The largest absolute Gasteiger partial charge is 0.454 e. The van der Waals surface area contributed by atoms with Gasteiger partial charge in [-0.05, 0) is 29.8 Å². The van der Waals surface area contributed by atoms with Crippen LogP contribution >= 0.6 is 0 Å². The van der Waals surface area contributed by atoms with Crippen LogP contribution in [0.5, 0.6) is 11.5 Å². The number of urea groups is 1. The maximum atomic E-state index is 12.6. The standard InChI is InChI=1S/C19H14N4O6/c1-21-18(24)14-6-11-7-15-16(29-9-28-15)8-13(11)17(20-22(14)19(21)25)10-2-4-12(5-3-10)23(26)27/h2-5,7-8,14H,6,9H2,1H3. The van der Waals surface area contributed by atoms with E-state index in [0.717, 1.165) is 10.5 Å². The molecule has 3 aliphatic rings. The summed E-state index contributed by atoms with van der Waals surface area (Å²) in [5.41, 5.74) is 2.40. The fourth-order valence-electron chi connectivity index (χ4n) is 3.69. The van der Waals surface area contributed by atoms with Gasteiger partial charge in [0.1, 0.15) is 6.04 Å². The number of carbonyl (C=O) groups is 2. The van der Waals surface area contributed by atoms with Crippen LogP contribution in [0.15, 0.2) is 41.5 Å². The number of amides is 3. The van der Waals surface area contributed by atoms with Crippen LogP contribution in [0, 0.1) is 10.1 Å². The zero-order valence-electron chi connectivity index (χ0n) is 15.2. The predicted molar refractivity (Wildman–Crippen MR) is 98.8 cm³/mol. The molecule has 3 heterocycles. The quantitative estimate of drug-likeness (QED) is 0.437. The molecule has 1 unspecified atom stereocenters. The molecule has 3 amide bonds. The monoisotopic (exact) mass is 394 g/mol. The number of nitro benzene ring substituents is 1. The number of hydrazone groups is 1. The summed E-state index contributed by atoms with van der Waals surface area (Å²) in [6, 6.07) is 8.15. The third kappa shape index (κ3) is 2.53. The first-order valence-electron chi connectivity index (χ1n) is 8.81. The maximum Gasteiger partial charge on any atom is 0.347 e. The number of carbonyl (C=O) groups excluding carboxylic acids is 2. The fourth-order valence-corrected chi connectivity index (χ4v) is 3.69. The van der Waals surface area contributed by atoms with Gasteiger partial charge in [-0.25, -0.2) is 9.80 Å². The zero-order valence-corrected chi connectivity index (χ0v) is 15.2. The van der Waals surface area contributed by atoms with Gasteiger partial charge in [-0.3, -0.25) is 19.8 Å². The number of imide groups is 1. The highest BCUT2D eigenvalue weighted by atomic mass is 16.7. The molecule has 0 bridgehead atoms. The Labute approximate surface area is 164 Å². The smallest absolute Gasteiger partial charge is 0.347 e. The summed E-state index contributed by atoms with van der Waals surface area (Å²) in [5.74, 6) is 0.757. The van der Waals surface area contributed by atoms with Crippen LogP contribution in [0.25, 0.3) is 0 Å². The Kier molecular flexibility index (Phi) is 3.57. The molecule has 146 valence electrons. The van der Waals surface area contributed by atoms with E-state index in [4.69, 9.17) is 9.47 Å². The number of benzene rings is 2. The van der Waals surface area contributed by atoms with E-state index in [-0.39, 0.29) is 24.8 Å². The predicted octanol–water partition coefficient (Wildman–Crippen LogP) is 1.89. The van der Waals surface area contributed by atoms with Gasteiger partial charge in [0.25, 0.3) is 11.6 Å². The molecule has 1 saturated heterocycles. The number of rotatable bonds is 2. The normalized spacial score (nSPS) is 19.6. The van der Waals surface area contributed by atoms with E-state index in [1.807, 2.05) is 0 Å². The molecule has 0 saturated carbocycles. The van der Waals surface area contributed by atoms with Gasteiger partial charge in [0.05, 0.1) is 10.6 Å². The Morgan fingerprint density at radius 1 is 1.14 bits per heavy atom. The van der Waals surface area contributed by atoms with E-state index in [1.165, 1.54) is 24.2 Å². The molecule has 5 rings (SSSR count). The molecular formula is C19H14N4O6. The molecule has 0 spiro atoms. The molecule has 2 aromatic carbocycles. The summed E-state index contributed by atoms with van der Waals surface area (Å²) in [4.78, 5) is 36.7. The number of nitrogens with zero attached hydrogens (tertiary/aromatic N) is 4. The number of ether oxygens (including phenoxy) is 2. The summed E-state index contributed by atoms with van der Waals surface area (Å²) < 4.78 is 10.9. The third-order valence-corrected chi connectivity index (χ3v) is 5.22. The number of likely N-dealkylation sites (N-methyl/N-ethyl adjacent to an activating group) is 1. The second-order valence-electron chi connectivity index (χ2n) is 6.86. The number of hydrogen-bond acceptors (Lipinski definition) is 7. The van der Waals surface area contributed by atoms with E-state index in [0.29, 0.717) is 28.3 Å². The van der Waals surface area contributed by atoms with Crippen LogP contribution in [0.2, 0.25) is 0 Å². The molecule has 10 heteroatoms. The summed E-state index contributed by atoms with van der Waals surface area (Å²) in [7, 11) is 1.42. The van der Waals surface area contributed by atoms with E-state index < -0.39 is 17.0 Å². The minimum absolute atomic E-state index is 0.0566. The van der Waals surface area contributed by atoms with Gasteiger partial charge in [-0.2, -0.15) is 5.10 Å². The molecule has 0 aliphatic carbocycles. The number of fused-ring (bicyclic) bond motifs is 3. The summed E-state index contributed by atoms with van der Waals surface area (Å²) in [6.45, 7) is 0.0952. The topological polar surface area (TPSA) is 115 Å². The average molecular weight is 394 g/mol. The first kappa shape index (κ1) is 17.2. The SMILES string of the molecule is CN1C(=O)C2Cc3cc4c(cc3C(c3ccc([N+](=O)[O-])cc3)=NN2C1=O)OCO4. The van der Waals surface area contributed by atoms with Crippen LogP contribution in [0.1, 0.15) is 16.7 Å². The summed E-state index contributed by atoms with van der Waals surface area (Å²) >= 11 is 0. The van der Waals surface area contributed by atoms with Crippen LogP contribution in [-0.2, 0) is 11.2 Å². The van der Waals surface area contributed by atoms with Gasteiger partial charge in [0.15, 0.2) is 11.5 Å². The van der Waals surface area contributed by atoms with Crippen molar-refractivity contribution in [3.8, 4) is 11.5 Å². The number of non-ortho nitro benzene ring substituents is 1. The molecule has 1 atom stereocenters. The van der Waals surface area contributed by atoms with Crippen molar-refractivity contribution >= 4 is 23.3 Å². The van der Waals surface area contributed by atoms with Gasteiger partial charge >= 0.3 is 6.03 Å². The lowest BCUT2D eigenvalue weighted by molar-refractivity contribution is -0.384. The highest BCUT2D eigenvalue weighted by Crippen LogP contribution is 2.38. The van der Waals surface area contributed by atoms with Crippen molar-refractivity contribution in [2.75, 3.05) is 13.8 Å². The minimum Gasteiger partial charge on any atom is -0.454 e. The van der Waals surface area contributed by atoms with E-state index in [9.17, 15) is 19.7 Å². The van der Waals surface area contributed by atoms with Gasteiger partial charge < -0.3 is 9.47 Å². The summed E-state index contributed by atoms with van der Waals surface area (Å²) in [6.07, 6.45) is 0.265. The van der Waals surface area contributed by atoms with Crippen molar-refractivity contribution < 1.29 is 24.0 Å². The lowest BCUT2D eigenvalue weighted by Gasteiger charge is -2.14. The van der Waals surface area contributed by atoms with Crippen molar-refractivity contribution in [2.45, 2.75) is 12.5 Å². The van der Waals surface area contributed by atoms with Crippen molar-refractivity contribution in [3.63, 3.8) is 0 Å². The third-order valence-electron chi connectivity index (χ3n) is 5.22. The molecule has 2 aromatic rings. The lowest BCUT2D eigenvalue weighted by atomic mass is 9.93. The molecule has 0 radical (unpaired) electrons. The Morgan fingerprint density at radius 3 is 2.52 bits per heavy atom. The summed E-state index contributed by atoms with van der Waals surface area (Å²) in [5, 5.41) is 16.7. The van der Waals surface area contributed by atoms with E-state index in [1.54, 1.807) is 24.3 Å². The van der Waals surface area contributed by atoms with Crippen LogP contribution in [0.3, 0.4) is 0 Å². The lowest BCUT2D eigenvalue weighted by Crippen LogP contribution is -2.32. The highest BCUT2D eigenvalue weighted by molar-refractivity contribution is 6.16. The van der Waals surface area contributed by atoms with Crippen molar-refractivity contribution in [3.05, 3.63) is 63.2 Å². The molecule has 3 aliphatic heterocycles. The van der Waals surface area contributed by atoms with Crippen LogP contribution in [0.4, 0.5) is 10.5 Å². The van der Waals surface area contributed by atoms with Gasteiger partial charge in [0.2, 0.25) is 6.79 Å². The van der Waals surface area contributed by atoms with Crippen molar-refractivity contribution in [1.82, 2.24) is 9.91 Å². The first-order chi connectivity index (χ1) is 13.9. The second-order valence-corrected chi connectivity index (χ2v) is 6.86. The van der Waals surface area contributed by atoms with Gasteiger partial charge in [-0.15, -0.1) is 0 Å². The van der Waals surface area contributed by atoms with Crippen LogP contribution in [-0.4, -0.2) is 52.4 Å². The fraction of sp³-hybridized carbons (Fsp3) is 0.211. The zero-order chi connectivity index (χ0) is 20.3. The van der Waals surface area contributed by atoms with Crippen molar-refractivity contribution in [1.29, 1.82) is 0 Å². The Morgan fingerprint density at radius 2 is 1.83 bits per heavy atom. The Hall–Kier alpha value is -3.95. The highest BCUT2D eigenvalue weighted by Gasteiger charge is 2.45. The van der Waals surface area contributed by atoms with E-state index in [2.05, 4.69) is 5.10 Å². The molecule has 1 fully saturated rings. The van der Waals surface area contributed by atoms with Crippen LogP contribution < -0.4 is 9.47 Å². The molecule has 29 heavy (non-hydrogen) atoms. The first-order valence-corrected chi connectivity index (χ1v) is 8.81. The van der Waals surface area contributed by atoms with Gasteiger partial charge in [0, 0.05) is 36.7 Å². The van der Waals surface area contributed by atoms with E-state index >= 15 is 0 Å².